The normalized spacial score (nSPS) is 10.6. The van der Waals surface area contributed by atoms with Gasteiger partial charge in [0, 0.05) is 24.5 Å². The Kier molecular flexibility index (Phi) is 8.45. The lowest BCUT2D eigenvalue weighted by atomic mass is 10.0. The number of pyridine rings is 1. The van der Waals surface area contributed by atoms with Gasteiger partial charge in [-0.15, -0.1) is 0 Å². The number of aromatic nitrogens is 1. The zero-order valence-electron chi connectivity index (χ0n) is 19.3. The first-order valence-corrected chi connectivity index (χ1v) is 11.8. The van der Waals surface area contributed by atoms with Gasteiger partial charge in [0.25, 0.3) is 5.91 Å². The molecule has 1 aromatic heterocycles. The summed E-state index contributed by atoms with van der Waals surface area (Å²) in [7, 11) is 0. The lowest BCUT2D eigenvalue weighted by Crippen LogP contribution is -2.25. The number of rotatable bonds is 11. The molecule has 172 valence electrons. The van der Waals surface area contributed by atoms with Gasteiger partial charge in [-0.1, -0.05) is 66.7 Å². The minimum Gasteiger partial charge on any atom is -0.489 e. The maximum Gasteiger partial charge on any atom is 0.251 e. The number of nitrogens with zero attached hydrogens (tertiary/aromatic N) is 1. The number of carbonyl (C=O) groups is 1. The Morgan fingerprint density at radius 1 is 0.735 bits per heavy atom. The molecule has 0 saturated heterocycles. The summed E-state index contributed by atoms with van der Waals surface area (Å²) >= 11 is 0. The quantitative estimate of drug-likeness (QED) is 0.314. The van der Waals surface area contributed by atoms with Gasteiger partial charge in [0.2, 0.25) is 0 Å². The van der Waals surface area contributed by atoms with Crippen LogP contribution in [0.25, 0.3) is 0 Å². The molecule has 0 saturated carbocycles. The summed E-state index contributed by atoms with van der Waals surface area (Å²) < 4.78 is 6.08. The molecular formula is C30H30N2O2. The van der Waals surface area contributed by atoms with Crippen LogP contribution < -0.4 is 10.1 Å². The van der Waals surface area contributed by atoms with Gasteiger partial charge in [-0.05, 0) is 72.2 Å². The number of para-hydroxylation sites is 1. The van der Waals surface area contributed by atoms with E-state index in [1.54, 1.807) is 6.20 Å². The molecule has 4 heteroatoms. The van der Waals surface area contributed by atoms with E-state index in [0.29, 0.717) is 18.7 Å². The van der Waals surface area contributed by atoms with Crippen molar-refractivity contribution in [2.45, 2.75) is 32.3 Å². The molecule has 0 aliphatic heterocycles. The second kappa shape index (κ2) is 12.4. The van der Waals surface area contributed by atoms with E-state index in [-0.39, 0.29) is 5.91 Å². The first-order valence-electron chi connectivity index (χ1n) is 11.8. The van der Waals surface area contributed by atoms with Crippen molar-refractivity contribution in [3.8, 4) is 5.75 Å². The average molecular weight is 451 g/mol. The van der Waals surface area contributed by atoms with E-state index >= 15 is 0 Å². The summed E-state index contributed by atoms with van der Waals surface area (Å²) in [5, 5.41) is 2.98. The summed E-state index contributed by atoms with van der Waals surface area (Å²) in [4.78, 5) is 16.5. The number of ether oxygens (including phenoxy) is 1. The number of benzene rings is 3. The Balaban J connectivity index is 1.23. The molecule has 0 unspecified atom stereocenters. The third-order valence-corrected chi connectivity index (χ3v) is 5.76. The Labute approximate surface area is 201 Å². The molecule has 0 atom stereocenters. The van der Waals surface area contributed by atoms with Gasteiger partial charge in [-0.3, -0.25) is 9.78 Å². The molecule has 4 nitrogen and oxygen atoms in total. The summed E-state index contributed by atoms with van der Waals surface area (Å²) in [5.74, 6) is 0.907. The first kappa shape index (κ1) is 23.2. The van der Waals surface area contributed by atoms with E-state index in [0.717, 1.165) is 37.0 Å². The Morgan fingerprint density at radius 2 is 1.50 bits per heavy atom. The van der Waals surface area contributed by atoms with Crippen LogP contribution in [0.4, 0.5) is 0 Å². The van der Waals surface area contributed by atoms with Gasteiger partial charge in [0.1, 0.15) is 12.4 Å². The van der Waals surface area contributed by atoms with Gasteiger partial charge in [-0.25, -0.2) is 0 Å². The van der Waals surface area contributed by atoms with E-state index in [1.807, 2.05) is 72.9 Å². The van der Waals surface area contributed by atoms with Gasteiger partial charge in [-0.2, -0.15) is 0 Å². The van der Waals surface area contributed by atoms with Crippen LogP contribution >= 0.6 is 0 Å². The topological polar surface area (TPSA) is 51.2 Å². The van der Waals surface area contributed by atoms with Crippen molar-refractivity contribution in [1.82, 2.24) is 10.3 Å². The first-order chi connectivity index (χ1) is 16.8. The maximum absolute atomic E-state index is 12.4. The number of amides is 1. The van der Waals surface area contributed by atoms with Crippen molar-refractivity contribution in [3.63, 3.8) is 0 Å². The zero-order valence-corrected chi connectivity index (χ0v) is 19.3. The van der Waals surface area contributed by atoms with Crippen LogP contribution in [0.15, 0.2) is 103 Å². The largest absolute Gasteiger partial charge is 0.489 e. The third kappa shape index (κ3) is 7.04. The summed E-state index contributed by atoms with van der Waals surface area (Å²) in [6.07, 6.45) is 7.27. The molecule has 4 aromatic rings. The van der Waals surface area contributed by atoms with Crippen molar-refractivity contribution < 1.29 is 9.53 Å². The average Bonchev–Trinajstić information content (AvgIpc) is 2.90. The lowest BCUT2D eigenvalue weighted by Gasteiger charge is -2.12. The monoisotopic (exact) mass is 450 g/mol. The Bertz CT molecular complexity index is 1160. The number of hydrogen-bond acceptors (Lipinski definition) is 3. The maximum atomic E-state index is 12.4. The Hall–Kier alpha value is -3.92. The van der Waals surface area contributed by atoms with Crippen molar-refractivity contribution in [2.24, 2.45) is 0 Å². The summed E-state index contributed by atoms with van der Waals surface area (Å²) in [6, 6.07) is 30.3. The number of carbonyl (C=O) groups excluding carboxylic acids is 1. The molecule has 0 aliphatic rings. The predicted octanol–water partition coefficient (Wildman–Crippen LogP) is 5.81. The van der Waals surface area contributed by atoms with Crippen LogP contribution in [0, 0.1) is 0 Å². The predicted molar refractivity (Wildman–Crippen MR) is 136 cm³/mol. The van der Waals surface area contributed by atoms with Crippen molar-refractivity contribution in [2.75, 3.05) is 6.54 Å². The lowest BCUT2D eigenvalue weighted by molar-refractivity contribution is 0.0954. The van der Waals surface area contributed by atoms with E-state index in [9.17, 15) is 4.79 Å². The molecule has 0 fully saturated rings. The van der Waals surface area contributed by atoms with Crippen LogP contribution in [0.3, 0.4) is 0 Å². The molecule has 0 aliphatic carbocycles. The molecular weight excluding hydrogens is 420 g/mol. The minimum atomic E-state index is -0.0417. The molecule has 0 radical (unpaired) electrons. The van der Waals surface area contributed by atoms with E-state index < -0.39 is 0 Å². The standard InChI is InChI=1S/C30H30N2O2/c33-30(32-21-19-25-11-7-20-31-22-25)28-17-15-24(16-18-28)10-6-13-27-12-4-5-14-29(27)34-23-26-8-2-1-3-9-26/h1-5,7-9,11-12,14-18,20,22H,6,10,13,19,21,23H2,(H,32,33). The van der Waals surface area contributed by atoms with Gasteiger partial charge in [0.05, 0.1) is 0 Å². The molecule has 0 bridgehead atoms. The molecule has 1 amide bonds. The molecule has 0 spiro atoms. The number of nitrogens with one attached hydrogen (secondary N) is 1. The van der Waals surface area contributed by atoms with Crippen LogP contribution in [0.5, 0.6) is 5.75 Å². The number of aryl methyl sites for hydroxylation is 2. The fraction of sp³-hybridized carbons (Fsp3) is 0.200. The van der Waals surface area contributed by atoms with Crippen molar-refractivity contribution in [1.29, 1.82) is 0 Å². The molecule has 34 heavy (non-hydrogen) atoms. The van der Waals surface area contributed by atoms with E-state index in [1.165, 1.54) is 16.7 Å². The number of hydrogen-bond donors (Lipinski definition) is 1. The summed E-state index contributed by atoms with van der Waals surface area (Å²) in [5.41, 5.74) is 5.43. The third-order valence-electron chi connectivity index (χ3n) is 5.76. The van der Waals surface area contributed by atoms with Gasteiger partial charge >= 0.3 is 0 Å². The highest BCUT2D eigenvalue weighted by Gasteiger charge is 2.07. The molecule has 4 rings (SSSR count). The van der Waals surface area contributed by atoms with Crippen LogP contribution in [0.2, 0.25) is 0 Å². The fourth-order valence-electron chi connectivity index (χ4n) is 3.86. The van der Waals surface area contributed by atoms with Crippen molar-refractivity contribution in [3.05, 3.63) is 131 Å². The van der Waals surface area contributed by atoms with E-state index in [2.05, 4.69) is 34.6 Å². The highest BCUT2D eigenvalue weighted by molar-refractivity contribution is 5.94. The molecule has 1 heterocycles. The highest BCUT2D eigenvalue weighted by atomic mass is 16.5. The second-order valence-electron chi connectivity index (χ2n) is 8.30. The molecule has 3 aromatic carbocycles. The Morgan fingerprint density at radius 3 is 2.29 bits per heavy atom. The van der Waals surface area contributed by atoms with Gasteiger partial charge < -0.3 is 10.1 Å². The van der Waals surface area contributed by atoms with Crippen LogP contribution in [-0.4, -0.2) is 17.4 Å². The van der Waals surface area contributed by atoms with Crippen molar-refractivity contribution >= 4 is 5.91 Å². The minimum absolute atomic E-state index is 0.0417. The molecule has 1 N–H and O–H groups in total. The highest BCUT2D eigenvalue weighted by Crippen LogP contribution is 2.22. The van der Waals surface area contributed by atoms with Crippen LogP contribution in [-0.2, 0) is 25.9 Å². The van der Waals surface area contributed by atoms with E-state index in [4.69, 9.17) is 4.74 Å². The smallest absolute Gasteiger partial charge is 0.251 e. The fourth-order valence-corrected chi connectivity index (χ4v) is 3.86. The van der Waals surface area contributed by atoms with Gasteiger partial charge in [0.15, 0.2) is 0 Å². The SMILES string of the molecule is O=C(NCCc1cccnc1)c1ccc(CCCc2ccccc2OCc2ccccc2)cc1. The van der Waals surface area contributed by atoms with Crippen LogP contribution in [0.1, 0.15) is 39.0 Å². The summed E-state index contributed by atoms with van der Waals surface area (Å²) in [6.45, 7) is 1.17. The zero-order chi connectivity index (χ0) is 23.4. The second-order valence-corrected chi connectivity index (χ2v) is 8.30.